The summed E-state index contributed by atoms with van der Waals surface area (Å²) in [5.74, 6) is 0.373. The lowest BCUT2D eigenvalue weighted by Gasteiger charge is -2.24. The maximum atomic E-state index is 14.0. The zero-order valence-electron chi connectivity index (χ0n) is 24.1. The summed E-state index contributed by atoms with van der Waals surface area (Å²) in [5, 5.41) is 0.987. The van der Waals surface area contributed by atoms with Gasteiger partial charge in [0.15, 0.2) is 16.3 Å². The van der Waals surface area contributed by atoms with Crippen LogP contribution in [-0.2, 0) is 16.1 Å². The van der Waals surface area contributed by atoms with Crippen molar-refractivity contribution in [3.05, 3.63) is 124 Å². The van der Waals surface area contributed by atoms with E-state index in [0.717, 1.165) is 16.7 Å². The molecule has 7 nitrogen and oxygen atoms in total. The summed E-state index contributed by atoms with van der Waals surface area (Å²) >= 11 is 13.9. The number of ether oxygens (including phenoxy) is 3. The van der Waals surface area contributed by atoms with Gasteiger partial charge in [0.2, 0.25) is 0 Å². The molecule has 1 aliphatic rings. The average molecular weight is 638 g/mol. The third-order valence-corrected chi connectivity index (χ3v) is 8.35. The summed E-state index contributed by atoms with van der Waals surface area (Å²) in [7, 11) is 0. The summed E-state index contributed by atoms with van der Waals surface area (Å²) < 4.78 is 19.3. The molecule has 4 aromatic rings. The fraction of sp³-hybridized carbons (Fsp3) is 0.242. The highest BCUT2D eigenvalue weighted by molar-refractivity contribution is 7.07. The van der Waals surface area contributed by atoms with E-state index in [-0.39, 0.29) is 18.8 Å². The number of allylic oxidation sites excluding steroid dienone is 1. The third kappa shape index (κ3) is 6.56. The Balaban J connectivity index is 1.58. The van der Waals surface area contributed by atoms with Crippen molar-refractivity contribution >= 4 is 46.6 Å². The largest absolute Gasteiger partial charge is 0.490 e. The van der Waals surface area contributed by atoms with Gasteiger partial charge in [-0.15, -0.1) is 0 Å². The van der Waals surface area contributed by atoms with Gasteiger partial charge in [-0.2, -0.15) is 0 Å². The van der Waals surface area contributed by atoms with Gasteiger partial charge in [0.1, 0.15) is 6.61 Å². The molecule has 1 atom stereocenters. The Bertz CT molecular complexity index is 1880. The molecule has 0 unspecified atom stereocenters. The predicted octanol–water partition coefficient (Wildman–Crippen LogP) is 6.39. The Kier molecular flexibility index (Phi) is 9.40. The van der Waals surface area contributed by atoms with Gasteiger partial charge in [0, 0.05) is 5.02 Å². The van der Waals surface area contributed by atoms with E-state index in [9.17, 15) is 9.59 Å². The highest BCUT2D eigenvalue weighted by Gasteiger charge is 2.33. The van der Waals surface area contributed by atoms with Gasteiger partial charge in [-0.25, -0.2) is 9.79 Å². The topological polar surface area (TPSA) is 79.1 Å². The molecule has 0 radical (unpaired) electrons. The van der Waals surface area contributed by atoms with Crippen LogP contribution in [0.3, 0.4) is 0 Å². The molecule has 0 aliphatic carbocycles. The van der Waals surface area contributed by atoms with E-state index in [1.807, 2.05) is 50.2 Å². The molecule has 0 amide bonds. The molecule has 0 saturated carbocycles. The van der Waals surface area contributed by atoms with Crippen LogP contribution in [-0.4, -0.2) is 23.8 Å². The maximum Gasteiger partial charge on any atom is 0.338 e. The summed E-state index contributed by atoms with van der Waals surface area (Å²) in [6.45, 7) is 8.25. The number of hydrogen-bond acceptors (Lipinski definition) is 7. The minimum atomic E-state index is -0.677. The first kappa shape index (κ1) is 30.6. The number of hydrogen-bond donors (Lipinski definition) is 0. The van der Waals surface area contributed by atoms with E-state index in [2.05, 4.69) is 4.99 Å². The molecule has 0 N–H and O–H groups in total. The van der Waals surface area contributed by atoms with Crippen molar-refractivity contribution in [3.63, 3.8) is 0 Å². The van der Waals surface area contributed by atoms with Crippen LogP contribution in [0.15, 0.2) is 81.7 Å². The number of esters is 1. The number of thiazole rings is 1. The smallest absolute Gasteiger partial charge is 0.338 e. The van der Waals surface area contributed by atoms with Crippen LogP contribution in [0.25, 0.3) is 6.08 Å². The van der Waals surface area contributed by atoms with Crippen LogP contribution in [0.2, 0.25) is 10.0 Å². The number of rotatable bonds is 9. The number of aromatic nitrogens is 1. The molecule has 222 valence electrons. The number of nitrogens with zero attached hydrogens (tertiary/aromatic N) is 2. The van der Waals surface area contributed by atoms with Crippen molar-refractivity contribution in [1.29, 1.82) is 0 Å². The molecule has 2 heterocycles. The molecule has 1 aliphatic heterocycles. The minimum Gasteiger partial charge on any atom is -0.490 e. The maximum absolute atomic E-state index is 14.0. The second-order valence-electron chi connectivity index (χ2n) is 9.89. The zero-order valence-corrected chi connectivity index (χ0v) is 26.5. The van der Waals surface area contributed by atoms with E-state index >= 15 is 0 Å². The van der Waals surface area contributed by atoms with Crippen LogP contribution in [0.1, 0.15) is 49.1 Å². The minimum absolute atomic E-state index is 0.211. The molecular formula is C33H30Cl2N2O5S. The zero-order chi connectivity index (χ0) is 30.7. The predicted molar refractivity (Wildman–Crippen MR) is 170 cm³/mol. The Hall–Kier alpha value is -3.85. The molecule has 0 saturated heterocycles. The Morgan fingerprint density at radius 3 is 2.40 bits per heavy atom. The average Bonchev–Trinajstić information content (AvgIpc) is 3.27. The van der Waals surface area contributed by atoms with E-state index in [1.165, 1.54) is 11.3 Å². The molecule has 1 aromatic heterocycles. The Morgan fingerprint density at radius 1 is 1.00 bits per heavy atom. The summed E-state index contributed by atoms with van der Waals surface area (Å²) in [6, 6.07) is 17.9. The van der Waals surface area contributed by atoms with Gasteiger partial charge in [0.25, 0.3) is 5.56 Å². The fourth-order valence-corrected chi connectivity index (χ4v) is 6.26. The van der Waals surface area contributed by atoms with Crippen LogP contribution in [0.5, 0.6) is 11.5 Å². The van der Waals surface area contributed by atoms with E-state index in [4.69, 9.17) is 37.4 Å². The van der Waals surface area contributed by atoms with Gasteiger partial charge < -0.3 is 14.2 Å². The molecule has 0 bridgehead atoms. The molecule has 0 fully saturated rings. The van der Waals surface area contributed by atoms with E-state index in [1.54, 1.807) is 48.8 Å². The number of fused-ring (bicyclic) bond motifs is 1. The highest BCUT2D eigenvalue weighted by atomic mass is 35.5. The summed E-state index contributed by atoms with van der Waals surface area (Å²) in [5.41, 5.74) is 4.02. The molecule has 5 rings (SSSR count). The van der Waals surface area contributed by atoms with Crippen molar-refractivity contribution < 1.29 is 19.0 Å². The van der Waals surface area contributed by atoms with Gasteiger partial charge in [-0.1, -0.05) is 76.5 Å². The molecule has 43 heavy (non-hydrogen) atoms. The van der Waals surface area contributed by atoms with Gasteiger partial charge in [-0.3, -0.25) is 9.36 Å². The first-order chi connectivity index (χ1) is 20.7. The number of benzene rings is 3. The van der Waals surface area contributed by atoms with Crippen molar-refractivity contribution in [3.8, 4) is 11.5 Å². The van der Waals surface area contributed by atoms with E-state index in [0.29, 0.717) is 54.3 Å². The molecular weight excluding hydrogens is 607 g/mol. The molecule has 10 heteroatoms. The lowest BCUT2D eigenvalue weighted by Crippen LogP contribution is -2.39. The van der Waals surface area contributed by atoms with Crippen molar-refractivity contribution in [2.45, 2.75) is 40.3 Å². The van der Waals surface area contributed by atoms with Gasteiger partial charge in [-0.05, 0) is 74.7 Å². The lowest BCUT2D eigenvalue weighted by molar-refractivity contribution is -0.139. The van der Waals surface area contributed by atoms with Gasteiger partial charge in [0.05, 0.1) is 40.1 Å². The highest BCUT2D eigenvalue weighted by Crippen LogP contribution is 2.38. The first-order valence-electron chi connectivity index (χ1n) is 13.8. The monoisotopic (exact) mass is 636 g/mol. The number of aryl methyl sites for hydroxylation is 1. The molecule has 3 aromatic carbocycles. The second kappa shape index (κ2) is 13.2. The van der Waals surface area contributed by atoms with Gasteiger partial charge >= 0.3 is 5.97 Å². The fourth-order valence-electron chi connectivity index (χ4n) is 4.82. The number of halogens is 2. The van der Waals surface area contributed by atoms with E-state index < -0.39 is 12.0 Å². The quantitative estimate of drug-likeness (QED) is 0.199. The lowest BCUT2D eigenvalue weighted by atomic mass is 9.95. The SMILES string of the molecule is CCOC(=O)C1=C(C)N=c2s/c(=C/c3cc(Cl)c(OCc4ccc(Cl)cc4)c(OCC)c3)c(=O)n2[C@@H]1c1ccc(C)cc1. The van der Waals surface area contributed by atoms with Crippen LogP contribution >= 0.6 is 34.5 Å². The molecule has 0 spiro atoms. The van der Waals surface area contributed by atoms with Crippen LogP contribution in [0, 0.1) is 6.92 Å². The Morgan fingerprint density at radius 2 is 1.72 bits per heavy atom. The Labute approximate surface area is 263 Å². The second-order valence-corrected chi connectivity index (χ2v) is 11.7. The van der Waals surface area contributed by atoms with Crippen LogP contribution < -0.4 is 24.4 Å². The first-order valence-corrected chi connectivity index (χ1v) is 15.4. The summed E-state index contributed by atoms with van der Waals surface area (Å²) in [6.07, 6.45) is 1.75. The number of carbonyl (C=O) groups excluding carboxylic acids is 1. The van der Waals surface area contributed by atoms with Crippen molar-refractivity contribution in [2.24, 2.45) is 4.99 Å². The normalized spacial score (nSPS) is 14.7. The summed E-state index contributed by atoms with van der Waals surface area (Å²) in [4.78, 5) is 32.2. The number of carbonyl (C=O) groups is 1. The standard InChI is InChI=1S/C33H30Cl2N2O5S/c1-5-40-26-16-22(15-25(35)30(26)42-18-21-9-13-24(34)14-10-21)17-27-31(38)37-29(23-11-7-19(3)8-12-23)28(32(39)41-6-2)20(4)36-33(37)43-27/h7-17,29H,5-6,18H2,1-4H3/b27-17+/t29-/m1/s1. The van der Waals surface area contributed by atoms with Crippen molar-refractivity contribution in [2.75, 3.05) is 13.2 Å². The van der Waals surface area contributed by atoms with Crippen LogP contribution in [0.4, 0.5) is 0 Å². The van der Waals surface area contributed by atoms with Crippen molar-refractivity contribution in [1.82, 2.24) is 4.57 Å². The third-order valence-electron chi connectivity index (χ3n) is 6.84.